The molecule has 1 amide bonds. The van der Waals surface area contributed by atoms with E-state index in [4.69, 9.17) is 16.3 Å². The Morgan fingerprint density at radius 1 is 1.25 bits per heavy atom. The average molecular weight is 499 g/mol. The standard InChI is InChI=1S/C21H23ClN4O4S.ClH/c1-13-14(7-5-8-16(13)26(28)29)20(27)25(12-6-11-24(2)3)21-23-18-17(30-4)10-9-15(22)19(18)31-21;/h5,7-10H,6,11-12H2,1-4H3;1H. The van der Waals surface area contributed by atoms with Crippen molar-refractivity contribution in [3.63, 3.8) is 0 Å². The SMILES string of the molecule is COc1ccc(Cl)c2sc(N(CCCN(C)C)C(=O)c3cccc([N+](=O)[O-])c3C)nc12.Cl. The van der Waals surface area contributed by atoms with E-state index in [9.17, 15) is 14.9 Å². The lowest BCUT2D eigenvalue weighted by Gasteiger charge is -2.21. The van der Waals surface area contributed by atoms with Crippen molar-refractivity contribution in [2.24, 2.45) is 0 Å². The molecule has 0 bridgehead atoms. The maximum Gasteiger partial charge on any atom is 0.273 e. The fraction of sp³-hybridized carbons (Fsp3) is 0.333. The Hall–Kier alpha value is -2.46. The van der Waals surface area contributed by atoms with Crippen LogP contribution in [0.2, 0.25) is 5.02 Å². The van der Waals surface area contributed by atoms with Crippen LogP contribution in [0.15, 0.2) is 30.3 Å². The van der Waals surface area contributed by atoms with Crippen LogP contribution in [0.25, 0.3) is 10.2 Å². The van der Waals surface area contributed by atoms with Gasteiger partial charge < -0.3 is 9.64 Å². The monoisotopic (exact) mass is 498 g/mol. The molecule has 3 rings (SSSR count). The quantitative estimate of drug-likeness (QED) is 0.313. The first-order valence-corrected chi connectivity index (χ1v) is 10.8. The first-order valence-electron chi connectivity index (χ1n) is 9.58. The number of halogens is 2. The minimum absolute atomic E-state index is 0. The number of nitro benzene ring substituents is 1. The van der Waals surface area contributed by atoms with E-state index in [0.29, 0.717) is 39.9 Å². The van der Waals surface area contributed by atoms with Gasteiger partial charge in [-0.15, -0.1) is 12.4 Å². The largest absolute Gasteiger partial charge is 0.494 e. The lowest BCUT2D eigenvalue weighted by atomic mass is 10.1. The van der Waals surface area contributed by atoms with Crippen molar-refractivity contribution in [2.75, 3.05) is 39.2 Å². The van der Waals surface area contributed by atoms with Gasteiger partial charge in [-0.1, -0.05) is 29.0 Å². The van der Waals surface area contributed by atoms with Gasteiger partial charge in [0.15, 0.2) is 5.13 Å². The molecule has 0 unspecified atom stereocenters. The number of methoxy groups -OCH3 is 1. The van der Waals surface area contributed by atoms with Crippen molar-refractivity contribution in [3.05, 3.63) is 56.6 Å². The summed E-state index contributed by atoms with van der Waals surface area (Å²) in [6.45, 7) is 2.76. The molecule has 0 N–H and O–H groups in total. The number of anilines is 1. The maximum absolute atomic E-state index is 13.5. The molecule has 0 fully saturated rings. The maximum atomic E-state index is 13.5. The Kier molecular flexibility index (Phi) is 8.80. The van der Waals surface area contributed by atoms with E-state index in [2.05, 4.69) is 4.98 Å². The van der Waals surface area contributed by atoms with Crippen LogP contribution in [-0.4, -0.2) is 55.0 Å². The van der Waals surface area contributed by atoms with Gasteiger partial charge >= 0.3 is 0 Å². The molecule has 0 radical (unpaired) electrons. The van der Waals surface area contributed by atoms with E-state index in [-0.39, 0.29) is 29.6 Å². The number of hydrogen-bond donors (Lipinski definition) is 0. The molecule has 1 aromatic heterocycles. The average Bonchev–Trinajstić information content (AvgIpc) is 3.17. The van der Waals surface area contributed by atoms with Gasteiger partial charge in [0, 0.05) is 23.7 Å². The molecule has 11 heteroatoms. The van der Waals surface area contributed by atoms with E-state index in [1.54, 1.807) is 37.1 Å². The number of aromatic nitrogens is 1. The second-order valence-corrected chi connectivity index (χ2v) is 8.63. The number of benzene rings is 2. The summed E-state index contributed by atoms with van der Waals surface area (Å²) in [5.41, 5.74) is 1.09. The van der Waals surface area contributed by atoms with Crippen LogP contribution < -0.4 is 9.64 Å². The number of ether oxygens (including phenoxy) is 1. The van der Waals surface area contributed by atoms with Crippen molar-refractivity contribution >= 4 is 62.3 Å². The topological polar surface area (TPSA) is 88.8 Å². The number of fused-ring (bicyclic) bond motifs is 1. The predicted octanol–water partition coefficient (Wildman–Crippen LogP) is 5.20. The van der Waals surface area contributed by atoms with Crippen LogP contribution in [0.1, 0.15) is 22.3 Å². The van der Waals surface area contributed by atoms with Crippen LogP contribution in [0.4, 0.5) is 10.8 Å². The zero-order valence-electron chi connectivity index (χ0n) is 18.1. The van der Waals surface area contributed by atoms with Crippen molar-refractivity contribution in [3.8, 4) is 5.75 Å². The van der Waals surface area contributed by atoms with Crippen LogP contribution in [0.3, 0.4) is 0 Å². The number of carbonyl (C=O) groups is 1. The number of nitro groups is 1. The summed E-state index contributed by atoms with van der Waals surface area (Å²) in [6, 6.07) is 7.98. The fourth-order valence-corrected chi connectivity index (χ4v) is 4.53. The molecule has 0 saturated heterocycles. The zero-order chi connectivity index (χ0) is 22.7. The van der Waals surface area contributed by atoms with E-state index < -0.39 is 4.92 Å². The Morgan fingerprint density at radius 2 is 1.97 bits per heavy atom. The highest BCUT2D eigenvalue weighted by atomic mass is 35.5. The van der Waals surface area contributed by atoms with Gasteiger partial charge in [0.25, 0.3) is 11.6 Å². The molecular weight excluding hydrogens is 475 g/mol. The molecular formula is C21H24Cl2N4O4S. The van der Waals surface area contributed by atoms with Gasteiger partial charge in [0.2, 0.25) is 0 Å². The van der Waals surface area contributed by atoms with Gasteiger partial charge in [0.1, 0.15) is 11.3 Å². The van der Waals surface area contributed by atoms with Crippen LogP contribution in [0.5, 0.6) is 5.75 Å². The summed E-state index contributed by atoms with van der Waals surface area (Å²) in [7, 11) is 5.46. The summed E-state index contributed by atoms with van der Waals surface area (Å²) in [4.78, 5) is 32.6. The van der Waals surface area contributed by atoms with Crippen molar-refractivity contribution in [2.45, 2.75) is 13.3 Å². The summed E-state index contributed by atoms with van der Waals surface area (Å²) < 4.78 is 6.11. The Labute approximate surface area is 201 Å². The molecule has 0 aliphatic heterocycles. The van der Waals surface area contributed by atoms with Gasteiger partial charge in [-0.05, 0) is 52.2 Å². The van der Waals surface area contributed by atoms with E-state index in [0.717, 1.165) is 11.2 Å². The van der Waals surface area contributed by atoms with E-state index in [1.807, 2.05) is 19.0 Å². The molecule has 2 aromatic carbocycles. The minimum Gasteiger partial charge on any atom is -0.494 e. The molecule has 32 heavy (non-hydrogen) atoms. The number of nitrogens with zero attached hydrogens (tertiary/aromatic N) is 4. The summed E-state index contributed by atoms with van der Waals surface area (Å²) in [5.74, 6) is 0.225. The first-order chi connectivity index (χ1) is 14.7. The molecule has 0 spiro atoms. The lowest BCUT2D eigenvalue weighted by Crippen LogP contribution is -2.34. The van der Waals surface area contributed by atoms with Crippen LogP contribution in [0, 0.1) is 17.0 Å². The Balaban J connectivity index is 0.00000363. The third-order valence-electron chi connectivity index (χ3n) is 4.86. The first kappa shape index (κ1) is 25.8. The highest BCUT2D eigenvalue weighted by Gasteiger charge is 2.26. The van der Waals surface area contributed by atoms with E-state index >= 15 is 0 Å². The third kappa shape index (κ3) is 5.29. The normalized spacial score (nSPS) is 10.8. The smallest absolute Gasteiger partial charge is 0.273 e. The number of amides is 1. The van der Waals surface area contributed by atoms with E-state index in [1.165, 1.54) is 23.5 Å². The molecule has 0 aliphatic carbocycles. The summed E-state index contributed by atoms with van der Waals surface area (Å²) in [5, 5.41) is 12.3. The minimum atomic E-state index is -0.481. The van der Waals surface area contributed by atoms with Gasteiger partial charge in [0.05, 0.1) is 21.8 Å². The number of rotatable bonds is 8. The molecule has 172 valence electrons. The summed E-state index contributed by atoms with van der Waals surface area (Å²) >= 11 is 7.65. The van der Waals surface area contributed by atoms with Crippen molar-refractivity contribution in [1.29, 1.82) is 0 Å². The van der Waals surface area contributed by atoms with Crippen LogP contribution in [-0.2, 0) is 0 Å². The molecule has 3 aromatic rings. The lowest BCUT2D eigenvalue weighted by molar-refractivity contribution is -0.385. The number of hydrogen-bond acceptors (Lipinski definition) is 7. The third-order valence-corrected chi connectivity index (χ3v) is 6.40. The van der Waals surface area contributed by atoms with Crippen molar-refractivity contribution in [1.82, 2.24) is 9.88 Å². The zero-order valence-corrected chi connectivity index (χ0v) is 20.5. The predicted molar refractivity (Wildman–Crippen MR) is 131 cm³/mol. The molecule has 1 heterocycles. The Morgan fingerprint density at radius 3 is 2.59 bits per heavy atom. The van der Waals surface area contributed by atoms with Crippen molar-refractivity contribution < 1.29 is 14.5 Å². The number of carbonyl (C=O) groups excluding carboxylic acids is 1. The van der Waals surface area contributed by atoms with Crippen LogP contribution >= 0.6 is 35.3 Å². The Bertz CT molecular complexity index is 1140. The highest BCUT2D eigenvalue weighted by molar-refractivity contribution is 7.23. The van der Waals surface area contributed by atoms with Gasteiger partial charge in [-0.25, -0.2) is 4.98 Å². The molecule has 0 atom stereocenters. The molecule has 8 nitrogen and oxygen atoms in total. The molecule has 0 saturated carbocycles. The fourth-order valence-electron chi connectivity index (χ4n) is 3.25. The second kappa shape index (κ2) is 10.9. The second-order valence-electron chi connectivity index (χ2n) is 7.24. The summed E-state index contributed by atoms with van der Waals surface area (Å²) in [6.07, 6.45) is 0.702. The van der Waals surface area contributed by atoms with Gasteiger partial charge in [-0.3, -0.25) is 19.8 Å². The number of thiazole rings is 1. The molecule has 0 aliphatic rings. The van der Waals surface area contributed by atoms with Gasteiger partial charge in [-0.2, -0.15) is 0 Å². The highest BCUT2D eigenvalue weighted by Crippen LogP contribution is 2.39.